The molecule has 1 saturated heterocycles. The quantitative estimate of drug-likeness (QED) is 0.811. The van der Waals surface area contributed by atoms with E-state index in [1.165, 1.54) is 6.07 Å². The minimum atomic E-state index is -0.134. The van der Waals surface area contributed by atoms with Crippen LogP contribution in [0.2, 0.25) is 0 Å². The third-order valence-corrected chi connectivity index (χ3v) is 4.41. The predicted molar refractivity (Wildman–Crippen MR) is 83.6 cm³/mol. The molecule has 0 spiro atoms. The normalized spacial score (nSPS) is 22.4. The molecule has 1 aromatic carbocycles. The second-order valence-corrected chi connectivity index (χ2v) is 6.13. The van der Waals surface area contributed by atoms with Crippen LogP contribution < -0.4 is 5.32 Å². The van der Waals surface area contributed by atoms with Crippen LogP contribution in [-0.4, -0.2) is 42.8 Å². The first-order chi connectivity index (χ1) is 10.2. The Morgan fingerprint density at radius 1 is 1.43 bits per heavy atom. The molecule has 118 valence electrons. The van der Waals surface area contributed by atoms with Gasteiger partial charge in [0, 0.05) is 31.3 Å². The molecule has 1 fully saturated rings. The monoisotopic (exact) mass is 294 g/mol. The number of halogens is 1. The van der Waals surface area contributed by atoms with E-state index in [9.17, 15) is 9.50 Å². The maximum atomic E-state index is 14.1. The van der Waals surface area contributed by atoms with Crippen LogP contribution in [0.3, 0.4) is 0 Å². The van der Waals surface area contributed by atoms with Crippen molar-refractivity contribution in [3.8, 4) is 0 Å². The molecule has 3 unspecified atom stereocenters. The zero-order valence-corrected chi connectivity index (χ0v) is 13.1. The highest BCUT2D eigenvalue weighted by Gasteiger charge is 2.27. The van der Waals surface area contributed by atoms with E-state index in [0.29, 0.717) is 11.8 Å². The predicted octanol–water partition coefficient (Wildman–Crippen LogP) is 2.43. The summed E-state index contributed by atoms with van der Waals surface area (Å²) in [7, 11) is 0. The molecular weight excluding hydrogens is 267 g/mol. The lowest BCUT2D eigenvalue weighted by Crippen LogP contribution is -2.35. The van der Waals surface area contributed by atoms with E-state index in [0.717, 1.165) is 38.2 Å². The molecule has 1 aromatic rings. The van der Waals surface area contributed by atoms with Crippen LogP contribution in [-0.2, 0) is 0 Å². The van der Waals surface area contributed by atoms with Crippen molar-refractivity contribution >= 4 is 0 Å². The van der Waals surface area contributed by atoms with Crippen molar-refractivity contribution in [1.29, 1.82) is 0 Å². The van der Waals surface area contributed by atoms with Gasteiger partial charge in [-0.1, -0.05) is 32.0 Å². The van der Waals surface area contributed by atoms with Gasteiger partial charge in [-0.05, 0) is 37.4 Å². The Kier molecular flexibility index (Phi) is 6.15. The molecule has 3 nitrogen and oxygen atoms in total. The molecule has 0 saturated carbocycles. The number of nitrogens with zero attached hydrogens (tertiary/aromatic N) is 1. The summed E-state index contributed by atoms with van der Waals surface area (Å²) in [4.78, 5) is 2.39. The first-order valence-electron chi connectivity index (χ1n) is 7.96. The van der Waals surface area contributed by atoms with Crippen molar-refractivity contribution in [2.24, 2.45) is 11.8 Å². The van der Waals surface area contributed by atoms with E-state index in [4.69, 9.17) is 0 Å². The van der Waals surface area contributed by atoms with Gasteiger partial charge in [0.15, 0.2) is 0 Å². The van der Waals surface area contributed by atoms with Gasteiger partial charge in [0.25, 0.3) is 0 Å². The summed E-state index contributed by atoms with van der Waals surface area (Å²) in [5.74, 6) is 0.590. The Balaban J connectivity index is 2.02. The Labute approximate surface area is 127 Å². The number of hydrogen-bond acceptors (Lipinski definition) is 3. The Hall–Kier alpha value is -0.970. The third kappa shape index (κ3) is 4.25. The fourth-order valence-corrected chi connectivity index (χ4v) is 3.31. The van der Waals surface area contributed by atoms with E-state index in [2.05, 4.69) is 24.1 Å². The molecule has 0 amide bonds. The fraction of sp³-hybridized carbons (Fsp3) is 0.647. The molecule has 3 atom stereocenters. The molecule has 0 aliphatic carbocycles. The van der Waals surface area contributed by atoms with Crippen molar-refractivity contribution in [1.82, 2.24) is 10.2 Å². The van der Waals surface area contributed by atoms with Crippen LogP contribution >= 0.6 is 0 Å². The van der Waals surface area contributed by atoms with Crippen molar-refractivity contribution in [3.05, 3.63) is 35.6 Å². The topological polar surface area (TPSA) is 35.5 Å². The minimum Gasteiger partial charge on any atom is -0.396 e. The highest BCUT2D eigenvalue weighted by atomic mass is 19.1. The summed E-state index contributed by atoms with van der Waals surface area (Å²) < 4.78 is 14.1. The van der Waals surface area contributed by atoms with E-state index in [1.54, 1.807) is 6.07 Å². The van der Waals surface area contributed by atoms with Gasteiger partial charge in [0.05, 0.1) is 0 Å². The maximum absolute atomic E-state index is 14.1. The Morgan fingerprint density at radius 2 is 2.19 bits per heavy atom. The first-order valence-corrected chi connectivity index (χ1v) is 7.96. The number of nitrogens with one attached hydrogen (secondary N) is 1. The lowest BCUT2D eigenvalue weighted by Gasteiger charge is -2.29. The van der Waals surface area contributed by atoms with Crippen LogP contribution in [0.4, 0.5) is 4.39 Å². The molecular formula is C17H27FN2O. The molecule has 2 N–H and O–H groups in total. The maximum Gasteiger partial charge on any atom is 0.127 e. The van der Waals surface area contributed by atoms with Crippen molar-refractivity contribution in [3.63, 3.8) is 0 Å². The summed E-state index contributed by atoms with van der Waals surface area (Å²) in [5, 5.41) is 12.7. The summed E-state index contributed by atoms with van der Waals surface area (Å²) in [6, 6.07) is 7.07. The second-order valence-electron chi connectivity index (χ2n) is 6.13. The summed E-state index contributed by atoms with van der Waals surface area (Å²) >= 11 is 0. The highest BCUT2D eigenvalue weighted by molar-refractivity contribution is 5.22. The van der Waals surface area contributed by atoms with Gasteiger partial charge in [-0.3, -0.25) is 0 Å². The summed E-state index contributed by atoms with van der Waals surface area (Å²) in [6.45, 7) is 8.24. The van der Waals surface area contributed by atoms with Crippen LogP contribution in [0.25, 0.3) is 0 Å². The fourth-order valence-electron chi connectivity index (χ4n) is 3.31. The van der Waals surface area contributed by atoms with Gasteiger partial charge in [-0.25, -0.2) is 4.39 Å². The largest absolute Gasteiger partial charge is 0.396 e. The second kappa shape index (κ2) is 7.87. The average Bonchev–Trinajstić information content (AvgIpc) is 2.93. The zero-order valence-electron chi connectivity index (χ0n) is 13.1. The van der Waals surface area contributed by atoms with Gasteiger partial charge in [-0.15, -0.1) is 0 Å². The van der Waals surface area contributed by atoms with Crippen molar-refractivity contribution in [2.45, 2.75) is 26.3 Å². The Bertz CT molecular complexity index is 441. The number of likely N-dealkylation sites (tertiary alicyclic amines) is 1. The van der Waals surface area contributed by atoms with E-state index >= 15 is 0 Å². The highest BCUT2D eigenvalue weighted by Crippen LogP contribution is 2.27. The van der Waals surface area contributed by atoms with E-state index in [-0.39, 0.29) is 18.5 Å². The van der Waals surface area contributed by atoms with Crippen molar-refractivity contribution in [2.75, 3.05) is 32.8 Å². The third-order valence-electron chi connectivity index (χ3n) is 4.41. The van der Waals surface area contributed by atoms with Crippen molar-refractivity contribution < 1.29 is 9.50 Å². The standard InChI is InChI=1S/C17H27FN2O/c1-3-19-17(15-6-4-5-7-16(15)18)13(2)10-20-9-8-14(11-20)12-21/h4-7,13-14,17,19,21H,3,8-12H2,1-2H3. The number of aliphatic hydroxyl groups excluding tert-OH is 1. The summed E-state index contributed by atoms with van der Waals surface area (Å²) in [6.07, 6.45) is 1.06. The number of benzene rings is 1. The number of hydrogen-bond donors (Lipinski definition) is 2. The molecule has 1 aliphatic rings. The number of aliphatic hydroxyl groups is 1. The van der Waals surface area contributed by atoms with Crippen LogP contribution in [0, 0.1) is 17.7 Å². The average molecular weight is 294 g/mol. The van der Waals surface area contributed by atoms with Gasteiger partial charge in [-0.2, -0.15) is 0 Å². The van der Waals surface area contributed by atoms with E-state index < -0.39 is 0 Å². The van der Waals surface area contributed by atoms with Gasteiger partial charge < -0.3 is 15.3 Å². The molecule has 0 bridgehead atoms. The summed E-state index contributed by atoms with van der Waals surface area (Å²) in [5.41, 5.74) is 0.754. The number of rotatable bonds is 7. The molecule has 2 rings (SSSR count). The van der Waals surface area contributed by atoms with Gasteiger partial charge in [0.2, 0.25) is 0 Å². The molecule has 0 radical (unpaired) electrons. The molecule has 21 heavy (non-hydrogen) atoms. The van der Waals surface area contributed by atoms with Crippen LogP contribution in [0.1, 0.15) is 31.9 Å². The smallest absolute Gasteiger partial charge is 0.127 e. The molecule has 0 aromatic heterocycles. The zero-order chi connectivity index (χ0) is 15.2. The SMILES string of the molecule is CCNC(c1ccccc1F)C(C)CN1CCC(CO)C1. The lowest BCUT2D eigenvalue weighted by atomic mass is 9.93. The lowest BCUT2D eigenvalue weighted by molar-refractivity contribution is 0.205. The Morgan fingerprint density at radius 3 is 2.81 bits per heavy atom. The molecule has 1 aliphatic heterocycles. The van der Waals surface area contributed by atoms with E-state index in [1.807, 2.05) is 12.1 Å². The first kappa shape index (κ1) is 16.4. The van der Waals surface area contributed by atoms with Crippen LogP contribution in [0.5, 0.6) is 0 Å². The minimum absolute atomic E-state index is 0.0318. The molecule has 4 heteroatoms. The van der Waals surface area contributed by atoms with Gasteiger partial charge in [0.1, 0.15) is 5.82 Å². The molecule has 1 heterocycles. The van der Waals surface area contributed by atoms with Crippen LogP contribution in [0.15, 0.2) is 24.3 Å². The van der Waals surface area contributed by atoms with Gasteiger partial charge >= 0.3 is 0 Å².